The summed E-state index contributed by atoms with van der Waals surface area (Å²) in [7, 11) is 0. The Labute approximate surface area is 124 Å². The van der Waals surface area contributed by atoms with Crippen molar-refractivity contribution in [2.45, 2.75) is 0 Å². The van der Waals surface area contributed by atoms with Crippen molar-refractivity contribution in [3.05, 3.63) is 57.8 Å². The molecule has 2 aromatic rings. The molecule has 6 heteroatoms. The van der Waals surface area contributed by atoms with E-state index in [9.17, 15) is 4.39 Å². The van der Waals surface area contributed by atoms with E-state index in [-0.39, 0.29) is 16.5 Å². The molecule has 0 radical (unpaired) electrons. The van der Waals surface area contributed by atoms with Gasteiger partial charge in [0.25, 0.3) is 0 Å². The molecule has 0 saturated carbocycles. The molecule has 0 heterocycles. The molecular weight excluding hydrogens is 308 g/mol. The van der Waals surface area contributed by atoms with E-state index in [1.54, 1.807) is 18.2 Å². The Morgan fingerprint density at radius 3 is 2.47 bits per heavy atom. The molecule has 19 heavy (non-hydrogen) atoms. The predicted octanol–water partition coefficient (Wildman–Crippen LogP) is 4.56. The van der Waals surface area contributed by atoms with Crippen molar-refractivity contribution in [2.75, 3.05) is 0 Å². The van der Waals surface area contributed by atoms with E-state index in [0.717, 1.165) is 0 Å². The van der Waals surface area contributed by atoms with Gasteiger partial charge in [0.2, 0.25) is 0 Å². The lowest BCUT2D eigenvalue weighted by Crippen LogP contribution is -2.09. The Balaban J connectivity index is 2.33. The first-order chi connectivity index (χ1) is 8.97. The number of hydrogen-bond acceptors (Lipinski definition) is 2. The summed E-state index contributed by atoms with van der Waals surface area (Å²) in [4.78, 5) is 0.117. The van der Waals surface area contributed by atoms with Crippen molar-refractivity contribution in [3.8, 4) is 11.5 Å². The lowest BCUT2D eigenvalue weighted by Gasteiger charge is -2.09. The number of halogens is 3. The third-order valence-electron chi connectivity index (χ3n) is 2.33. The second kappa shape index (κ2) is 5.74. The normalized spacial score (nSPS) is 10.3. The number of nitrogens with two attached hydrogens (primary N) is 1. The molecule has 0 spiro atoms. The zero-order valence-corrected chi connectivity index (χ0v) is 11.8. The average Bonchev–Trinajstić information content (AvgIpc) is 2.36. The summed E-state index contributed by atoms with van der Waals surface area (Å²) in [5.74, 6) is -0.290. The summed E-state index contributed by atoms with van der Waals surface area (Å²) in [5, 5.41) is 0.779. The van der Waals surface area contributed by atoms with Crippen LogP contribution in [0.15, 0.2) is 36.4 Å². The molecule has 0 saturated heterocycles. The van der Waals surface area contributed by atoms with E-state index >= 15 is 0 Å². The third-order valence-corrected chi connectivity index (χ3v) is 3.11. The molecule has 0 aliphatic carbocycles. The summed E-state index contributed by atoms with van der Waals surface area (Å²) in [5.41, 5.74) is 5.84. The highest BCUT2D eigenvalue weighted by Crippen LogP contribution is 2.33. The zero-order valence-electron chi connectivity index (χ0n) is 9.49. The smallest absolute Gasteiger partial charge is 0.166 e. The second-order valence-electron chi connectivity index (χ2n) is 3.69. The molecule has 2 aromatic carbocycles. The molecule has 2 rings (SSSR count). The monoisotopic (exact) mass is 315 g/mol. The van der Waals surface area contributed by atoms with Gasteiger partial charge in [0.15, 0.2) is 11.6 Å². The number of thiocarbonyl (C=S) groups is 1. The Hall–Kier alpha value is -1.36. The van der Waals surface area contributed by atoms with E-state index in [1.807, 2.05) is 0 Å². The van der Waals surface area contributed by atoms with Crippen molar-refractivity contribution >= 4 is 40.4 Å². The summed E-state index contributed by atoms with van der Waals surface area (Å²) in [6.45, 7) is 0. The van der Waals surface area contributed by atoms with Crippen LogP contribution in [0.3, 0.4) is 0 Å². The van der Waals surface area contributed by atoms with Crippen molar-refractivity contribution in [3.63, 3.8) is 0 Å². The fraction of sp³-hybridized carbons (Fsp3) is 0. The van der Waals surface area contributed by atoms with Crippen LogP contribution in [-0.4, -0.2) is 4.99 Å². The number of benzene rings is 2. The minimum absolute atomic E-state index is 0.0177. The zero-order chi connectivity index (χ0) is 14.0. The van der Waals surface area contributed by atoms with Crippen molar-refractivity contribution in [2.24, 2.45) is 5.73 Å². The fourth-order valence-electron chi connectivity index (χ4n) is 1.41. The van der Waals surface area contributed by atoms with Gasteiger partial charge in [-0.2, -0.15) is 0 Å². The van der Waals surface area contributed by atoms with Crippen LogP contribution in [0.2, 0.25) is 10.0 Å². The maximum Gasteiger partial charge on any atom is 0.166 e. The van der Waals surface area contributed by atoms with E-state index in [2.05, 4.69) is 0 Å². The molecule has 0 aliphatic rings. The van der Waals surface area contributed by atoms with Gasteiger partial charge in [-0.15, -0.1) is 0 Å². The Morgan fingerprint density at radius 2 is 1.84 bits per heavy atom. The van der Waals surface area contributed by atoms with Gasteiger partial charge in [-0.1, -0.05) is 35.4 Å². The standard InChI is InChI=1S/C13H8Cl2FNOS/c14-8-2-3-9(15)12(6-8)18-11-4-1-7(13(17)19)5-10(11)16/h1-6H,(H2,17,19). The molecule has 0 aromatic heterocycles. The van der Waals surface area contributed by atoms with E-state index < -0.39 is 5.82 Å². The van der Waals surface area contributed by atoms with Crippen molar-refractivity contribution in [1.29, 1.82) is 0 Å². The van der Waals surface area contributed by atoms with Crippen LogP contribution in [0.1, 0.15) is 5.56 Å². The van der Waals surface area contributed by atoms with Crippen molar-refractivity contribution < 1.29 is 9.13 Å². The van der Waals surface area contributed by atoms with Crippen molar-refractivity contribution in [1.82, 2.24) is 0 Å². The molecular formula is C13H8Cl2FNOS. The van der Waals surface area contributed by atoms with Crippen LogP contribution in [0, 0.1) is 5.82 Å². The van der Waals surface area contributed by atoms with Crippen LogP contribution in [0.5, 0.6) is 11.5 Å². The Morgan fingerprint density at radius 1 is 1.11 bits per heavy atom. The minimum Gasteiger partial charge on any atom is -0.453 e. The van der Waals surface area contributed by atoms with E-state index in [0.29, 0.717) is 15.6 Å². The van der Waals surface area contributed by atoms with Gasteiger partial charge in [0, 0.05) is 16.7 Å². The first kappa shape index (κ1) is 14.1. The number of ether oxygens (including phenoxy) is 1. The van der Waals surface area contributed by atoms with Gasteiger partial charge in [-0.25, -0.2) is 4.39 Å². The van der Waals surface area contributed by atoms with Crippen LogP contribution in [0.25, 0.3) is 0 Å². The maximum absolute atomic E-state index is 13.8. The van der Waals surface area contributed by atoms with Crippen LogP contribution >= 0.6 is 35.4 Å². The molecule has 0 aliphatic heterocycles. The lowest BCUT2D eigenvalue weighted by atomic mass is 10.2. The first-order valence-corrected chi connectivity index (χ1v) is 6.36. The maximum atomic E-state index is 13.8. The molecule has 0 atom stereocenters. The van der Waals surface area contributed by atoms with Gasteiger partial charge in [0.05, 0.1) is 5.02 Å². The van der Waals surface area contributed by atoms with Crippen LogP contribution in [0.4, 0.5) is 4.39 Å². The minimum atomic E-state index is -0.582. The highest BCUT2D eigenvalue weighted by atomic mass is 35.5. The Bertz CT molecular complexity index is 649. The fourth-order valence-corrected chi connectivity index (χ4v) is 1.86. The largest absolute Gasteiger partial charge is 0.453 e. The molecule has 0 bridgehead atoms. The van der Waals surface area contributed by atoms with Gasteiger partial charge in [-0.05, 0) is 30.3 Å². The van der Waals surface area contributed by atoms with E-state index in [4.69, 9.17) is 45.9 Å². The summed E-state index contributed by atoms with van der Waals surface area (Å²) >= 11 is 16.5. The second-order valence-corrected chi connectivity index (χ2v) is 4.97. The highest BCUT2D eigenvalue weighted by molar-refractivity contribution is 7.80. The molecule has 0 unspecified atom stereocenters. The topological polar surface area (TPSA) is 35.2 Å². The number of rotatable bonds is 3. The highest BCUT2D eigenvalue weighted by Gasteiger charge is 2.10. The quantitative estimate of drug-likeness (QED) is 0.843. The third kappa shape index (κ3) is 3.35. The summed E-state index contributed by atoms with van der Waals surface area (Å²) in [6, 6.07) is 8.89. The van der Waals surface area contributed by atoms with E-state index in [1.165, 1.54) is 18.2 Å². The molecule has 0 amide bonds. The predicted molar refractivity (Wildman–Crippen MR) is 78.8 cm³/mol. The summed E-state index contributed by atoms with van der Waals surface area (Å²) < 4.78 is 19.2. The lowest BCUT2D eigenvalue weighted by molar-refractivity contribution is 0.442. The van der Waals surface area contributed by atoms with Gasteiger partial charge in [0.1, 0.15) is 10.7 Å². The summed E-state index contributed by atoms with van der Waals surface area (Å²) in [6.07, 6.45) is 0. The van der Waals surface area contributed by atoms with Gasteiger partial charge < -0.3 is 10.5 Å². The number of hydrogen-bond donors (Lipinski definition) is 1. The first-order valence-electron chi connectivity index (χ1n) is 5.19. The Kier molecular flexibility index (Phi) is 4.24. The van der Waals surface area contributed by atoms with Gasteiger partial charge in [-0.3, -0.25) is 0 Å². The molecule has 0 fully saturated rings. The molecule has 2 N–H and O–H groups in total. The van der Waals surface area contributed by atoms with Crippen LogP contribution < -0.4 is 10.5 Å². The van der Waals surface area contributed by atoms with Crippen LogP contribution in [-0.2, 0) is 0 Å². The SMILES string of the molecule is NC(=S)c1ccc(Oc2cc(Cl)ccc2Cl)c(F)c1. The molecule has 98 valence electrons. The van der Waals surface area contributed by atoms with Gasteiger partial charge >= 0.3 is 0 Å². The molecule has 2 nitrogen and oxygen atoms in total. The average molecular weight is 316 g/mol.